The number of hydrogen-bond acceptors (Lipinski definition) is 4. The number of carbonyl (C=O) groups is 1. The van der Waals surface area contributed by atoms with E-state index in [1.165, 1.54) is 0 Å². The molecule has 0 amide bonds. The van der Waals surface area contributed by atoms with E-state index in [1.54, 1.807) is 0 Å². The van der Waals surface area contributed by atoms with Gasteiger partial charge in [0.2, 0.25) is 0 Å². The van der Waals surface area contributed by atoms with E-state index >= 15 is 0 Å². The van der Waals surface area contributed by atoms with E-state index in [1.807, 2.05) is 13.1 Å². The van der Waals surface area contributed by atoms with Crippen LogP contribution in [-0.4, -0.2) is 43.6 Å². The Bertz CT molecular complexity index is 210. The van der Waals surface area contributed by atoms with E-state index in [4.69, 9.17) is 9.53 Å². The molecule has 15 heavy (non-hydrogen) atoms. The Kier molecular flexibility index (Phi) is 5.12. The maximum absolute atomic E-state index is 10.2. The molecule has 0 aromatic heterocycles. The van der Waals surface area contributed by atoms with Crippen LogP contribution in [0.3, 0.4) is 0 Å². The Hall–Kier alpha value is -0.233. The first-order valence-electron chi connectivity index (χ1n) is 5.07. The number of hydrogen-bond donors (Lipinski definition) is 2. The molecule has 0 aromatic carbocycles. The average molecular weight is 234 g/mol. The third-order valence-corrected chi connectivity index (χ3v) is 7.46. The molecule has 0 heterocycles. The Morgan fingerprint density at radius 2 is 1.80 bits per heavy atom. The van der Waals surface area contributed by atoms with Crippen molar-refractivity contribution in [2.24, 2.45) is 0 Å². The maximum atomic E-state index is 10.2. The zero-order valence-corrected chi connectivity index (χ0v) is 11.2. The molecule has 0 bridgehead atoms. The summed E-state index contributed by atoms with van der Waals surface area (Å²) in [5.41, 5.74) is 0. The molecule has 0 aliphatic heterocycles. The van der Waals surface area contributed by atoms with Crippen LogP contribution in [0.2, 0.25) is 18.1 Å². The molecule has 0 aliphatic carbocycles. The van der Waals surface area contributed by atoms with Crippen LogP contribution in [0.5, 0.6) is 0 Å². The SMILES string of the molecule is CC(C)(C)[Si](C)(C)OC[C@H](O)[C@@H](O)C=O. The van der Waals surface area contributed by atoms with Crippen LogP contribution in [0.25, 0.3) is 0 Å². The van der Waals surface area contributed by atoms with Crippen LogP contribution in [0.15, 0.2) is 0 Å². The van der Waals surface area contributed by atoms with E-state index in [0.29, 0.717) is 6.29 Å². The minimum atomic E-state index is -1.91. The first kappa shape index (κ1) is 14.8. The molecule has 0 fully saturated rings. The van der Waals surface area contributed by atoms with E-state index in [0.717, 1.165) is 0 Å². The Labute approximate surface area is 92.4 Å². The molecule has 0 saturated carbocycles. The first-order chi connectivity index (χ1) is 6.62. The summed E-state index contributed by atoms with van der Waals surface area (Å²) in [6.45, 7) is 10.4. The third kappa shape index (κ3) is 4.42. The Morgan fingerprint density at radius 3 is 2.13 bits per heavy atom. The van der Waals surface area contributed by atoms with E-state index in [9.17, 15) is 9.90 Å². The molecule has 0 spiro atoms. The van der Waals surface area contributed by atoms with Crippen molar-refractivity contribution < 1.29 is 19.4 Å². The molecule has 4 nitrogen and oxygen atoms in total. The summed E-state index contributed by atoms with van der Waals surface area (Å²) in [6, 6.07) is 0. The van der Waals surface area contributed by atoms with Crippen molar-refractivity contribution >= 4 is 14.6 Å². The van der Waals surface area contributed by atoms with Crippen LogP contribution in [0.4, 0.5) is 0 Å². The van der Waals surface area contributed by atoms with Crippen LogP contribution in [-0.2, 0) is 9.22 Å². The number of aliphatic hydroxyl groups excluding tert-OH is 2. The summed E-state index contributed by atoms with van der Waals surface area (Å²) < 4.78 is 5.65. The van der Waals surface area contributed by atoms with E-state index in [-0.39, 0.29) is 11.6 Å². The van der Waals surface area contributed by atoms with Gasteiger partial charge >= 0.3 is 0 Å². The van der Waals surface area contributed by atoms with Crippen molar-refractivity contribution in [2.45, 2.75) is 51.1 Å². The highest BCUT2D eigenvalue weighted by Crippen LogP contribution is 2.36. The van der Waals surface area contributed by atoms with Gasteiger partial charge in [-0.25, -0.2) is 0 Å². The lowest BCUT2D eigenvalue weighted by atomic mass is 10.2. The van der Waals surface area contributed by atoms with Gasteiger partial charge in [0, 0.05) is 0 Å². The predicted octanol–water partition coefficient (Wildman–Crippen LogP) is 0.929. The summed E-state index contributed by atoms with van der Waals surface area (Å²) >= 11 is 0. The minimum Gasteiger partial charge on any atom is -0.414 e. The van der Waals surface area contributed by atoms with Crippen molar-refractivity contribution in [1.29, 1.82) is 0 Å². The molecule has 5 heteroatoms. The topological polar surface area (TPSA) is 66.8 Å². The first-order valence-corrected chi connectivity index (χ1v) is 7.98. The zero-order chi connectivity index (χ0) is 12.3. The maximum Gasteiger partial charge on any atom is 0.192 e. The van der Waals surface area contributed by atoms with Gasteiger partial charge < -0.3 is 19.4 Å². The van der Waals surface area contributed by atoms with Gasteiger partial charge in [-0.15, -0.1) is 0 Å². The van der Waals surface area contributed by atoms with E-state index in [2.05, 4.69) is 20.8 Å². The van der Waals surface area contributed by atoms with E-state index < -0.39 is 20.5 Å². The summed E-state index contributed by atoms with van der Waals surface area (Å²) in [6.07, 6.45) is -2.16. The Morgan fingerprint density at radius 1 is 1.33 bits per heavy atom. The van der Waals surface area contributed by atoms with Crippen molar-refractivity contribution in [3.05, 3.63) is 0 Å². The second-order valence-corrected chi connectivity index (χ2v) is 10.1. The molecule has 0 unspecified atom stereocenters. The number of aliphatic hydroxyl groups is 2. The number of rotatable bonds is 5. The van der Waals surface area contributed by atoms with Crippen molar-refractivity contribution in [1.82, 2.24) is 0 Å². The smallest absolute Gasteiger partial charge is 0.192 e. The van der Waals surface area contributed by atoms with Crippen molar-refractivity contribution in [3.8, 4) is 0 Å². The summed E-state index contributed by atoms with van der Waals surface area (Å²) in [5.74, 6) is 0. The highest BCUT2D eigenvalue weighted by atomic mass is 28.4. The van der Waals surface area contributed by atoms with Gasteiger partial charge in [-0.2, -0.15) is 0 Å². The summed E-state index contributed by atoms with van der Waals surface area (Å²) in [7, 11) is -1.91. The van der Waals surface area contributed by atoms with Gasteiger partial charge in [0.05, 0.1) is 6.61 Å². The lowest BCUT2D eigenvalue weighted by molar-refractivity contribution is -0.121. The van der Waals surface area contributed by atoms with Gasteiger partial charge in [-0.1, -0.05) is 20.8 Å². The molecule has 0 saturated heterocycles. The second kappa shape index (κ2) is 5.20. The lowest BCUT2D eigenvalue weighted by Gasteiger charge is -2.36. The molecule has 0 rings (SSSR count). The molecule has 90 valence electrons. The molecular formula is C10H22O4Si. The molecule has 2 N–H and O–H groups in total. The monoisotopic (exact) mass is 234 g/mol. The van der Waals surface area contributed by atoms with Crippen molar-refractivity contribution in [3.63, 3.8) is 0 Å². The fourth-order valence-electron chi connectivity index (χ4n) is 0.700. The van der Waals surface area contributed by atoms with Crippen LogP contribution in [0.1, 0.15) is 20.8 Å². The standard InChI is InChI=1S/C10H22O4Si/c1-10(2,3)15(4,5)14-7-9(13)8(12)6-11/h6,8-9,12-13H,7H2,1-5H3/t8-,9-/m0/s1. The van der Waals surface area contributed by atoms with Gasteiger partial charge in [0.1, 0.15) is 12.2 Å². The summed E-state index contributed by atoms with van der Waals surface area (Å²) in [4.78, 5) is 10.2. The number of aldehydes is 1. The predicted molar refractivity (Wildman–Crippen MR) is 61.2 cm³/mol. The van der Waals surface area contributed by atoms with Crippen molar-refractivity contribution in [2.75, 3.05) is 6.61 Å². The largest absolute Gasteiger partial charge is 0.414 e. The normalized spacial score (nSPS) is 17.3. The van der Waals surface area contributed by atoms with Gasteiger partial charge in [-0.05, 0) is 18.1 Å². The Balaban J connectivity index is 4.21. The minimum absolute atomic E-state index is 0.0103. The second-order valence-electron chi connectivity index (χ2n) is 5.27. The average Bonchev–Trinajstić information content (AvgIpc) is 2.11. The highest BCUT2D eigenvalue weighted by molar-refractivity contribution is 6.74. The third-order valence-electron chi connectivity index (χ3n) is 2.95. The molecule has 0 radical (unpaired) electrons. The zero-order valence-electron chi connectivity index (χ0n) is 10.2. The van der Waals surface area contributed by atoms with Gasteiger partial charge in [0.15, 0.2) is 14.6 Å². The molecule has 0 aliphatic rings. The highest BCUT2D eigenvalue weighted by Gasteiger charge is 2.37. The fraction of sp³-hybridized carbons (Fsp3) is 0.900. The molecule has 2 atom stereocenters. The van der Waals surface area contributed by atoms with Crippen LogP contribution in [0, 0.1) is 0 Å². The fourth-order valence-corrected chi connectivity index (χ4v) is 1.72. The molecular weight excluding hydrogens is 212 g/mol. The van der Waals surface area contributed by atoms with Gasteiger partial charge in [0.25, 0.3) is 0 Å². The molecule has 0 aromatic rings. The number of carbonyl (C=O) groups excluding carboxylic acids is 1. The summed E-state index contributed by atoms with van der Waals surface area (Å²) in [5, 5.41) is 18.5. The lowest BCUT2D eigenvalue weighted by Crippen LogP contribution is -2.44. The quantitative estimate of drug-likeness (QED) is 0.548. The van der Waals surface area contributed by atoms with Gasteiger partial charge in [-0.3, -0.25) is 0 Å². The van der Waals surface area contributed by atoms with Crippen LogP contribution >= 0.6 is 0 Å². The van der Waals surface area contributed by atoms with Crippen LogP contribution < -0.4 is 0 Å².